The van der Waals surface area contributed by atoms with Gasteiger partial charge in [-0.05, 0) is 85.5 Å². The first-order chi connectivity index (χ1) is 11.6. The van der Waals surface area contributed by atoms with E-state index in [1.165, 1.54) is 36.8 Å². The fraction of sp³-hybridized carbons (Fsp3) is 0.682. The van der Waals surface area contributed by atoms with E-state index in [2.05, 4.69) is 13.0 Å². The van der Waals surface area contributed by atoms with Crippen LogP contribution in [0.3, 0.4) is 0 Å². The lowest BCUT2D eigenvalue weighted by Gasteiger charge is -2.48. The monoisotopic (exact) mass is 324 g/mol. The Labute approximate surface area is 144 Å². The van der Waals surface area contributed by atoms with E-state index >= 15 is 0 Å². The van der Waals surface area contributed by atoms with Gasteiger partial charge in [-0.1, -0.05) is 25.8 Å². The Morgan fingerprint density at radius 2 is 2.04 bits per heavy atom. The maximum absolute atomic E-state index is 13.2. The molecule has 0 heterocycles. The third kappa shape index (κ3) is 2.11. The van der Waals surface area contributed by atoms with Gasteiger partial charge in [0.15, 0.2) is 0 Å². The molecule has 5 atom stereocenters. The van der Waals surface area contributed by atoms with Gasteiger partial charge >= 0.3 is 0 Å². The van der Waals surface area contributed by atoms with E-state index in [4.69, 9.17) is 0 Å². The van der Waals surface area contributed by atoms with Gasteiger partial charge in [0.25, 0.3) is 0 Å². The van der Waals surface area contributed by atoms with Crippen molar-refractivity contribution in [3.63, 3.8) is 0 Å². The molecule has 1 aromatic carbocycles. The fourth-order valence-corrected chi connectivity index (χ4v) is 6.47. The van der Waals surface area contributed by atoms with Crippen LogP contribution in [0, 0.1) is 29.1 Å². The Kier molecular flexibility index (Phi) is 3.18. The van der Waals surface area contributed by atoms with Crippen molar-refractivity contribution in [2.24, 2.45) is 29.1 Å². The second-order valence-electron chi connectivity index (χ2n) is 9.23. The molecular formula is C22H28O2. The van der Waals surface area contributed by atoms with Crippen molar-refractivity contribution in [2.75, 3.05) is 0 Å². The van der Waals surface area contributed by atoms with E-state index in [9.17, 15) is 9.90 Å². The highest BCUT2D eigenvalue weighted by atomic mass is 16.3. The predicted molar refractivity (Wildman–Crippen MR) is 93.9 cm³/mol. The Morgan fingerprint density at radius 1 is 1.21 bits per heavy atom. The highest BCUT2D eigenvalue weighted by molar-refractivity contribution is 5.89. The molecule has 3 saturated carbocycles. The lowest BCUT2D eigenvalue weighted by atomic mass is 9.55. The first-order valence-corrected chi connectivity index (χ1v) is 9.92. The molecule has 0 aliphatic heterocycles. The van der Waals surface area contributed by atoms with Crippen LogP contribution in [-0.4, -0.2) is 10.9 Å². The number of fused-ring (bicyclic) bond motifs is 5. The number of rotatable bonds is 2. The van der Waals surface area contributed by atoms with E-state index in [1.54, 1.807) is 0 Å². The highest BCUT2D eigenvalue weighted by Crippen LogP contribution is 2.62. The Hall–Kier alpha value is -1.31. The molecule has 128 valence electrons. The minimum Gasteiger partial charge on any atom is -0.508 e. The molecule has 2 heteroatoms. The molecule has 0 aromatic heterocycles. The summed E-state index contributed by atoms with van der Waals surface area (Å²) in [7, 11) is 0. The van der Waals surface area contributed by atoms with Gasteiger partial charge in [-0.3, -0.25) is 4.79 Å². The molecule has 0 saturated heterocycles. The topological polar surface area (TPSA) is 37.3 Å². The molecule has 1 aromatic rings. The van der Waals surface area contributed by atoms with E-state index in [0.29, 0.717) is 35.2 Å². The summed E-state index contributed by atoms with van der Waals surface area (Å²) in [6.07, 6.45) is 9.52. The molecule has 5 rings (SSSR count). The maximum atomic E-state index is 13.2. The first-order valence-electron chi connectivity index (χ1n) is 9.92. The summed E-state index contributed by atoms with van der Waals surface area (Å²) in [5.74, 6) is 4.09. The molecule has 4 aliphatic carbocycles. The zero-order valence-electron chi connectivity index (χ0n) is 14.6. The number of hydrogen-bond donors (Lipinski definition) is 1. The van der Waals surface area contributed by atoms with E-state index in [1.807, 2.05) is 12.1 Å². The van der Waals surface area contributed by atoms with Gasteiger partial charge in [0, 0.05) is 11.3 Å². The normalized spacial score (nSPS) is 40.8. The number of Topliss-reactive ketones (excluding diaryl/α,β-unsaturated/α-hetero) is 1. The third-order valence-electron chi connectivity index (χ3n) is 7.89. The Balaban J connectivity index is 1.46. The summed E-state index contributed by atoms with van der Waals surface area (Å²) in [5.41, 5.74) is 2.76. The number of carbonyl (C=O) groups excluding carboxylic acids is 1. The van der Waals surface area contributed by atoms with Crippen molar-refractivity contribution in [1.29, 1.82) is 0 Å². The number of hydrogen-bond acceptors (Lipinski definition) is 2. The van der Waals surface area contributed by atoms with Gasteiger partial charge in [-0.25, -0.2) is 0 Å². The van der Waals surface area contributed by atoms with Crippen LogP contribution in [-0.2, 0) is 11.2 Å². The van der Waals surface area contributed by atoms with E-state index in [0.717, 1.165) is 31.6 Å². The second kappa shape index (κ2) is 5.09. The van der Waals surface area contributed by atoms with Gasteiger partial charge < -0.3 is 5.11 Å². The van der Waals surface area contributed by atoms with Crippen molar-refractivity contribution in [2.45, 2.75) is 64.2 Å². The fourth-order valence-electron chi connectivity index (χ4n) is 6.47. The van der Waals surface area contributed by atoms with Crippen molar-refractivity contribution >= 4 is 5.78 Å². The summed E-state index contributed by atoms with van der Waals surface area (Å²) in [6.45, 7) is 2.29. The summed E-state index contributed by atoms with van der Waals surface area (Å²) in [5, 5.41) is 9.79. The molecule has 24 heavy (non-hydrogen) atoms. The molecule has 0 radical (unpaired) electrons. The number of phenolic OH excluding ortho intramolecular Hbond substituents is 1. The van der Waals surface area contributed by atoms with Gasteiger partial charge in [-0.15, -0.1) is 0 Å². The quantitative estimate of drug-likeness (QED) is 0.845. The Morgan fingerprint density at radius 3 is 2.83 bits per heavy atom. The second-order valence-corrected chi connectivity index (χ2v) is 9.23. The van der Waals surface area contributed by atoms with Gasteiger partial charge in [0.05, 0.1) is 0 Å². The van der Waals surface area contributed by atoms with Crippen LogP contribution in [0.15, 0.2) is 18.2 Å². The van der Waals surface area contributed by atoms with Gasteiger partial charge in [0.1, 0.15) is 11.5 Å². The number of benzene rings is 1. The summed E-state index contributed by atoms with van der Waals surface area (Å²) >= 11 is 0. The molecule has 4 aliphatic rings. The lowest BCUT2D eigenvalue weighted by molar-refractivity contribution is -0.132. The van der Waals surface area contributed by atoms with Crippen molar-refractivity contribution in [1.82, 2.24) is 0 Å². The highest BCUT2D eigenvalue weighted by Gasteiger charge is 2.58. The number of phenols is 1. The van der Waals surface area contributed by atoms with Crippen LogP contribution >= 0.6 is 0 Å². The van der Waals surface area contributed by atoms with Crippen LogP contribution in [0.4, 0.5) is 0 Å². The maximum Gasteiger partial charge on any atom is 0.142 e. The third-order valence-corrected chi connectivity index (χ3v) is 7.89. The van der Waals surface area contributed by atoms with Crippen molar-refractivity contribution in [3.05, 3.63) is 29.3 Å². The van der Waals surface area contributed by atoms with Crippen molar-refractivity contribution < 1.29 is 9.90 Å². The Bertz CT molecular complexity index is 689. The zero-order chi connectivity index (χ0) is 16.5. The minimum atomic E-state index is -0.0465. The van der Waals surface area contributed by atoms with Crippen LogP contribution in [0.25, 0.3) is 0 Å². The lowest BCUT2D eigenvalue weighted by Crippen LogP contribution is -2.42. The number of aryl methyl sites for hydroxylation is 1. The van der Waals surface area contributed by atoms with Crippen LogP contribution in [0.2, 0.25) is 0 Å². The molecule has 0 bridgehead atoms. The van der Waals surface area contributed by atoms with Crippen molar-refractivity contribution in [3.8, 4) is 5.75 Å². The molecule has 0 amide bonds. The molecule has 2 nitrogen and oxygen atoms in total. The molecule has 0 spiro atoms. The standard InChI is InChI=1S/C22H28O2/c1-22-9-8-18-17-7-5-16(23)11-14(17)4-6-19(18)20(22)12-15(21(22)24)10-13-2-3-13/h5,7,11,13,15,18-20,23H,2-4,6,8-10,12H2,1H3/t15?,18?,19?,20?,22-/m0/s1. The molecule has 3 fully saturated rings. The molecule has 4 unspecified atom stereocenters. The molecule has 1 N–H and O–H groups in total. The van der Waals surface area contributed by atoms with E-state index < -0.39 is 0 Å². The molecular weight excluding hydrogens is 296 g/mol. The summed E-state index contributed by atoms with van der Waals surface area (Å²) in [4.78, 5) is 13.2. The van der Waals surface area contributed by atoms with Crippen LogP contribution in [0.5, 0.6) is 5.75 Å². The number of aromatic hydroxyl groups is 1. The average Bonchev–Trinajstić information content (AvgIpc) is 3.34. The SMILES string of the molecule is C[C@]12CCC3c4ccc(O)cc4CCC3C1CC(CC1CC1)C2=O. The minimum absolute atomic E-state index is 0.0465. The number of carbonyl (C=O) groups is 1. The first kappa shape index (κ1) is 15.0. The smallest absolute Gasteiger partial charge is 0.142 e. The van der Waals surface area contributed by atoms with E-state index in [-0.39, 0.29) is 5.41 Å². The summed E-state index contributed by atoms with van der Waals surface area (Å²) < 4.78 is 0. The average molecular weight is 324 g/mol. The largest absolute Gasteiger partial charge is 0.508 e. The van der Waals surface area contributed by atoms with Crippen LogP contribution < -0.4 is 0 Å². The predicted octanol–water partition coefficient (Wildman–Crippen LogP) is 4.84. The van der Waals surface area contributed by atoms with Crippen LogP contribution in [0.1, 0.15) is 68.9 Å². The van der Waals surface area contributed by atoms with Gasteiger partial charge in [0.2, 0.25) is 0 Å². The zero-order valence-corrected chi connectivity index (χ0v) is 14.6. The summed E-state index contributed by atoms with van der Waals surface area (Å²) in [6, 6.07) is 5.97. The number of ketones is 1. The van der Waals surface area contributed by atoms with Gasteiger partial charge in [-0.2, -0.15) is 0 Å².